The van der Waals surface area contributed by atoms with Crippen molar-refractivity contribution in [1.82, 2.24) is 9.21 Å². The molecule has 9 heteroatoms. The van der Waals surface area contributed by atoms with E-state index >= 15 is 0 Å². The van der Waals surface area contributed by atoms with Gasteiger partial charge < -0.3 is 10.2 Å². The van der Waals surface area contributed by atoms with Gasteiger partial charge in [0.15, 0.2) is 0 Å². The topological polar surface area (TPSA) is 69.7 Å². The Morgan fingerprint density at radius 3 is 2.27 bits per heavy atom. The van der Waals surface area contributed by atoms with Crippen molar-refractivity contribution in [2.75, 3.05) is 25.5 Å². The minimum Gasteiger partial charge on any atom is -0.323 e. The molecule has 1 aliphatic heterocycles. The SMILES string of the molecule is CC(C)S(=O)(=O)N1CC[C@H](N(C)C(=O)Nc2ccc(-c3cc(F)cc(F)c3)cc2)C1. The third-order valence-corrected chi connectivity index (χ3v) is 7.52. The van der Waals surface area contributed by atoms with Crippen molar-refractivity contribution < 1.29 is 22.0 Å². The second-order valence-corrected chi connectivity index (χ2v) is 10.2. The van der Waals surface area contributed by atoms with Crippen molar-refractivity contribution in [1.29, 1.82) is 0 Å². The van der Waals surface area contributed by atoms with Crippen LogP contribution in [-0.2, 0) is 10.0 Å². The fourth-order valence-corrected chi connectivity index (χ4v) is 4.74. The number of anilines is 1. The van der Waals surface area contributed by atoms with Crippen LogP contribution in [0, 0.1) is 11.6 Å². The highest BCUT2D eigenvalue weighted by atomic mass is 32.2. The molecule has 0 saturated carbocycles. The summed E-state index contributed by atoms with van der Waals surface area (Å²) in [7, 11) is -1.71. The molecule has 30 heavy (non-hydrogen) atoms. The molecule has 3 rings (SSSR count). The zero-order valence-corrected chi connectivity index (χ0v) is 17.9. The smallest absolute Gasteiger partial charge is 0.321 e. The Kier molecular flexibility index (Phi) is 6.42. The van der Waals surface area contributed by atoms with Crippen molar-refractivity contribution in [2.45, 2.75) is 31.6 Å². The molecule has 1 fully saturated rings. The molecule has 0 unspecified atom stereocenters. The number of hydrogen-bond acceptors (Lipinski definition) is 3. The van der Waals surface area contributed by atoms with Crippen molar-refractivity contribution in [3.63, 3.8) is 0 Å². The average molecular weight is 438 g/mol. The predicted octanol–water partition coefficient (Wildman–Crippen LogP) is 3.91. The molecular formula is C21H25F2N3O3S. The summed E-state index contributed by atoms with van der Waals surface area (Å²) in [5.74, 6) is -1.32. The second kappa shape index (κ2) is 8.69. The zero-order chi connectivity index (χ0) is 22.1. The molecule has 1 heterocycles. The monoisotopic (exact) mass is 437 g/mol. The number of amides is 2. The van der Waals surface area contributed by atoms with Crippen LogP contribution in [0.3, 0.4) is 0 Å². The van der Waals surface area contributed by atoms with Crippen LogP contribution in [0.5, 0.6) is 0 Å². The molecule has 0 spiro atoms. The summed E-state index contributed by atoms with van der Waals surface area (Å²) in [6.45, 7) is 3.94. The summed E-state index contributed by atoms with van der Waals surface area (Å²) in [5.41, 5.74) is 1.54. The fraction of sp³-hybridized carbons (Fsp3) is 0.381. The maximum atomic E-state index is 13.4. The summed E-state index contributed by atoms with van der Waals surface area (Å²) in [4.78, 5) is 14.1. The van der Waals surface area contributed by atoms with Gasteiger partial charge >= 0.3 is 6.03 Å². The van der Waals surface area contributed by atoms with E-state index < -0.39 is 26.9 Å². The van der Waals surface area contributed by atoms with Crippen molar-refractivity contribution in [2.24, 2.45) is 0 Å². The van der Waals surface area contributed by atoms with E-state index in [0.29, 0.717) is 29.8 Å². The lowest BCUT2D eigenvalue weighted by molar-refractivity contribution is 0.206. The first-order valence-corrected chi connectivity index (χ1v) is 11.2. The Bertz CT molecular complexity index is 1010. The number of rotatable bonds is 5. The molecule has 0 bridgehead atoms. The number of nitrogens with zero attached hydrogens (tertiary/aromatic N) is 2. The van der Waals surface area contributed by atoms with Crippen LogP contribution in [0.1, 0.15) is 20.3 Å². The van der Waals surface area contributed by atoms with Gasteiger partial charge in [0.25, 0.3) is 0 Å². The van der Waals surface area contributed by atoms with Crippen LogP contribution in [0.4, 0.5) is 19.3 Å². The highest BCUT2D eigenvalue weighted by Crippen LogP contribution is 2.24. The highest BCUT2D eigenvalue weighted by Gasteiger charge is 2.36. The summed E-state index contributed by atoms with van der Waals surface area (Å²) >= 11 is 0. The normalized spacial score (nSPS) is 17.3. The number of halogens is 2. The van der Waals surface area contributed by atoms with E-state index in [4.69, 9.17) is 0 Å². The number of benzene rings is 2. The van der Waals surface area contributed by atoms with Crippen molar-refractivity contribution in [3.05, 3.63) is 54.1 Å². The van der Waals surface area contributed by atoms with Crippen molar-refractivity contribution >= 4 is 21.7 Å². The zero-order valence-electron chi connectivity index (χ0n) is 17.1. The van der Waals surface area contributed by atoms with E-state index in [2.05, 4.69) is 5.32 Å². The molecule has 6 nitrogen and oxygen atoms in total. The maximum Gasteiger partial charge on any atom is 0.321 e. The van der Waals surface area contributed by atoms with E-state index in [-0.39, 0.29) is 18.6 Å². The number of hydrogen-bond donors (Lipinski definition) is 1. The van der Waals surface area contributed by atoms with E-state index in [9.17, 15) is 22.0 Å². The Morgan fingerprint density at radius 2 is 1.70 bits per heavy atom. The molecule has 1 aliphatic rings. The molecule has 162 valence electrons. The van der Waals surface area contributed by atoms with Crippen LogP contribution in [0.2, 0.25) is 0 Å². The summed E-state index contributed by atoms with van der Waals surface area (Å²) in [6.07, 6.45) is 0.569. The van der Waals surface area contributed by atoms with Crippen LogP contribution in [0.15, 0.2) is 42.5 Å². The Morgan fingerprint density at radius 1 is 1.10 bits per heavy atom. The molecule has 2 aromatic rings. The molecule has 0 aliphatic carbocycles. The van der Waals surface area contributed by atoms with Crippen LogP contribution in [-0.4, -0.2) is 55.1 Å². The molecule has 2 aromatic carbocycles. The predicted molar refractivity (Wildman–Crippen MR) is 113 cm³/mol. The molecule has 2 amide bonds. The van der Waals surface area contributed by atoms with Gasteiger partial charge in [-0.3, -0.25) is 0 Å². The van der Waals surface area contributed by atoms with Gasteiger partial charge in [0, 0.05) is 37.9 Å². The Hall–Kier alpha value is -2.52. The van der Waals surface area contributed by atoms with Crippen molar-refractivity contribution in [3.8, 4) is 11.1 Å². The summed E-state index contributed by atoms with van der Waals surface area (Å²) in [6, 6.07) is 9.34. The summed E-state index contributed by atoms with van der Waals surface area (Å²) in [5, 5.41) is 2.27. The first-order chi connectivity index (χ1) is 14.1. The minimum atomic E-state index is -3.34. The Balaban J connectivity index is 1.63. The Labute approximate surface area is 175 Å². The van der Waals surface area contributed by atoms with Crippen LogP contribution in [0.25, 0.3) is 11.1 Å². The van der Waals surface area contributed by atoms with Gasteiger partial charge in [-0.2, -0.15) is 4.31 Å². The van der Waals surface area contributed by atoms with E-state index in [1.54, 1.807) is 45.2 Å². The van der Waals surface area contributed by atoms with Gasteiger partial charge in [-0.05, 0) is 55.7 Å². The maximum absolute atomic E-state index is 13.4. The number of nitrogens with one attached hydrogen (secondary N) is 1. The molecule has 1 atom stereocenters. The summed E-state index contributed by atoms with van der Waals surface area (Å²) < 4.78 is 52.9. The number of sulfonamides is 1. The lowest BCUT2D eigenvalue weighted by atomic mass is 10.1. The number of carbonyl (C=O) groups excluding carboxylic acids is 1. The van der Waals surface area contributed by atoms with E-state index in [1.165, 1.54) is 21.3 Å². The number of carbonyl (C=O) groups is 1. The van der Waals surface area contributed by atoms with Gasteiger partial charge in [-0.1, -0.05) is 12.1 Å². The highest BCUT2D eigenvalue weighted by molar-refractivity contribution is 7.89. The standard InChI is InChI=1S/C21H25F2N3O3S/c1-14(2)30(28,29)26-9-8-20(13-26)25(3)21(27)24-19-6-4-15(5-7-19)16-10-17(22)12-18(23)11-16/h4-7,10-12,14,20H,8-9,13H2,1-3H3,(H,24,27)/t20-/m0/s1. The second-order valence-electron chi connectivity index (χ2n) is 7.67. The van der Waals surface area contributed by atoms with Gasteiger partial charge in [-0.25, -0.2) is 22.0 Å². The van der Waals surface area contributed by atoms with Crippen LogP contribution >= 0.6 is 0 Å². The first kappa shape index (κ1) is 22.2. The largest absolute Gasteiger partial charge is 0.323 e. The third kappa shape index (κ3) is 4.79. The lowest BCUT2D eigenvalue weighted by Crippen LogP contribution is -2.43. The molecule has 1 saturated heterocycles. The molecule has 1 N–H and O–H groups in total. The van der Waals surface area contributed by atoms with Gasteiger partial charge in [0.05, 0.1) is 5.25 Å². The fourth-order valence-electron chi connectivity index (χ4n) is 3.40. The minimum absolute atomic E-state index is 0.215. The van der Waals surface area contributed by atoms with E-state index in [0.717, 1.165) is 6.07 Å². The molecule has 0 radical (unpaired) electrons. The quantitative estimate of drug-likeness (QED) is 0.771. The first-order valence-electron chi connectivity index (χ1n) is 9.67. The number of likely N-dealkylation sites (N-methyl/N-ethyl adjacent to an activating group) is 1. The van der Waals surface area contributed by atoms with Gasteiger partial charge in [0.2, 0.25) is 10.0 Å². The molecular weight excluding hydrogens is 412 g/mol. The number of urea groups is 1. The molecule has 0 aromatic heterocycles. The average Bonchev–Trinajstić information content (AvgIpc) is 3.18. The lowest BCUT2D eigenvalue weighted by Gasteiger charge is -2.25. The third-order valence-electron chi connectivity index (χ3n) is 5.28. The van der Waals surface area contributed by atoms with E-state index in [1.807, 2.05) is 0 Å². The van der Waals surface area contributed by atoms with Gasteiger partial charge in [0.1, 0.15) is 11.6 Å². The van der Waals surface area contributed by atoms with Crippen LogP contribution < -0.4 is 5.32 Å². The van der Waals surface area contributed by atoms with Gasteiger partial charge in [-0.15, -0.1) is 0 Å².